The first-order valence-corrected chi connectivity index (χ1v) is 14.2. The molecular weight excluding hydrogens is 490 g/mol. The Labute approximate surface area is 231 Å². The van der Waals surface area contributed by atoms with E-state index in [1.54, 1.807) is 17.0 Å². The highest BCUT2D eigenvalue weighted by atomic mass is 16.5. The average Bonchev–Trinajstić information content (AvgIpc) is 3.71. The van der Waals surface area contributed by atoms with Gasteiger partial charge in [0.15, 0.2) is 5.76 Å². The Kier molecular flexibility index (Phi) is 8.67. The highest BCUT2D eigenvalue weighted by Gasteiger charge is 2.36. The van der Waals surface area contributed by atoms with E-state index in [1.165, 1.54) is 11.8 Å². The van der Waals surface area contributed by atoms with Crippen LogP contribution in [0.5, 0.6) is 0 Å². The van der Waals surface area contributed by atoms with E-state index in [1.807, 2.05) is 36.4 Å². The van der Waals surface area contributed by atoms with Gasteiger partial charge < -0.3 is 19.4 Å². The quantitative estimate of drug-likeness (QED) is 0.364. The summed E-state index contributed by atoms with van der Waals surface area (Å²) in [4.78, 5) is 31.9. The van der Waals surface area contributed by atoms with Gasteiger partial charge in [0.1, 0.15) is 6.04 Å². The van der Waals surface area contributed by atoms with E-state index in [-0.39, 0.29) is 23.6 Å². The first-order valence-electron chi connectivity index (χ1n) is 14.2. The maximum atomic E-state index is 14.0. The third-order valence-corrected chi connectivity index (χ3v) is 8.10. The monoisotopic (exact) mass is 529 g/mol. The molecule has 7 heteroatoms. The highest BCUT2D eigenvalue weighted by Crippen LogP contribution is 2.33. The van der Waals surface area contributed by atoms with Gasteiger partial charge in [-0.15, -0.1) is 0 Å². The van der Waals surface area contributed by atoms with Crippen molar-refractivity contribution in [3.8, 4) is 0 Å². The number of furan rings is 1. The van der Waals surface area contributed by atoms with Gasteiger partial charge in [0.25, 0.3) is 5.91 Å². The van der Waals surface area contributed by atoms with E-state index >= 15 is 0 Å². The van der Waals surface area contributed by atoms with Crippen molar-refractivity contribution in [2.24, 2.45) is 0 Å². The lowest BCUT2D eigenvalue weighted by molar-refractivity contribution is -0.123. The Balaban J connectivity index is 1.54. The van der Waals surface area contributed by atoms with Gasteiger partial charge in [-0.2, -0.15) is 0 Å². The van der Waals surface area contributed by atoms with Crippen LogP contribution in [0, 0.1) is 0 Å². The fourth-order valence-corrected chi connectivity index (χ4v) is 5.56. The number of hydrogen-bond donors (Lipinski definition) is 1. The number of carbonyl (C=O) groups is 2. The first kappa shape index (κ1) is 27.0. The first-order chi connectivity index (χ1) is 19.0. The minimum Gasteiger partial charge on any atom is -0.459 e. The lowest BCUT2D eigenvalue weighted by atomic mass is 9.97. The molecule has 2 atom stereocenters. The molecule has 1 aliphatic heterocycles. The molecule has 3 aromatic rings. The molecule has 2 heterocycles. The Bertz CT molecular complexity index is 1210. The van der Waals surface area contributed by atoms with Crippen molar-refractivity contribution in [3.05, 3.63) is 83.8 Å². The summed E-state index contributed by atoms with van der Waals surface area (Å²) >= 11 is 0. The smallest absolute Gasteiger partial charge is 0.294 e. The summed E-state index contributed by atoms with van der Waals surface area (Å²) in [7, 11) is 0. The van der Waals surface area contributed by atoms with Crippen molar-refractivity contribution < 1.29 is 18.7 Å². The molecule has 7 nitrogen and oxygen atoms in total. The van der Waals surface area contributed by atoms with Crippen molar-refractivity contribution in [2.75, 3.05) is 36.1 Å². The van der Waals surface area contributed by atoms with Crippen LogP contribution in [0.4, 0.5) is 11.4 Å². The second-order valence-electron chi connectivity index (χ2n) is 10.6. The van der Waals surface area contributed by atoms with Crippen LogP contribution in [0.3, 0.4) is 0 Å². The molecule has 1 N–H and O–H groups in total. The van der Waals surface area contributed by atoms with E-state index in [0.717, 1.165) is 56.4 Å². The SMILES string of the molecule is CC[C@H](C)c1ccc(N(C(=O)c2ccco2)[C@@H](C(=O)NC2CCCC2)c2ccc(N3CCOCC3)cc2)cc1. The van der Waals surface area contributed by atoms with E-state index in [9.17, 15) is 9.59 Å². The zero-order valence-corrected chi connectivity index (χ0v) is 23.0. The lowest BCUT2D eigenvalue weighted by Gasteiger charge is -2.33. The number of anilines is 2. The summed E-state index contributed by atoms with van der Waals surface area (Å²) < 4.78 is 11.0. The summed E-state index contributed by atoms with van der Waals surface area (Å²) in [5.41, 5.74) is 3.70. The average molecular weight is 530 g/mol. The largest absolute Gasteiger partial charge is 0.459 e. The Morgan fingerprint density at radius 1 is 0.974 bits per heavy atom. The molecule has 2 amide bonds. The van der Waals surface area contributed by atoms with E-state index in [2.05, 4.69) is 36.2 Å². The van der Waals surface area contributed by atoms with Crippen LogP contribution in [0.15, 0.2) is 71.3 Å². The normalized spacial score (nSPS) is 17.5. The van der Waals surface area contributed by atoms with Crippen molar-refractivity contribution in [1.29, 1.82) is 0 Å². The van der Waals surface area contributed by atoms with Gasteiger partial charge in [-0.05, 0) is 72.7 Å². The third kappa shape index (κ3) is 6.19. The number of nitrogens with zero attached hydrogens (tertiary/aromatic N) is 2. The summed E-state index contributed by atoms with van der Waals surface area (Å²) in [5.74, 6) is 0.0825. The van der Waals surface area contributed by atoms with Gasteiger partial charge in [0.2, 0.25) is 5.91 Å². The number of morpholine rings is 1. The van der Waals surface area contributed by atoms with Gasteiger partial charge in [-0.1, -0.05) is 51.0 Å². The number of benzene rings is 2. The molecule has 206 valence electrons. The van der Waals surface area contributed by atoms with Crippen molar-refractivity contribution >= 4 is 23.2 Å². The summed E-state index contributed by atoms with van der Waals surface area (Å²) in [5, 5.41) is 3.25. The third-order valence-electron chi connectivity index (χ3n) is 8.10. The van der Waals surface area contributed by atoms with Crippen LogP contribution < -0.4 is 15.1 Å². The second-order valence-corrected chi connectivity index (χ2v) is 10.6. The van der Waals surface area contributed by atoms with Crippen molar-refractivity contribution in [3.63, 3.8) is 0 Å². The van der Waals surface area contributed by atoms with Crippen LogP contribution in [-0.2, 0) is 9.53 Å². The molecule has 0 bridgehead atoms. The topological polar surface area (TPSA) is 75.0 Å². The van der Waals surface area contributed by atoms with Crippen LogP contribution in [0.25, 0.3) is 0 Å². The molecule has 1 aromatic heterocycles. The standard InChI is InChI=1S/C32H39N3O4/c1-3-23(2)24-10-16-28(17-11-24)35(32(37)29-9-6-20-39-29)30(31(36)33-26-7-4-5-8-26)25-12-14-27(15-13-25)34-18-21-38-22-19-34/h6,9-17,20,23,26,30H,3-5,7-8,18-19,21-22H2,1-2H3,(H,33,36)/t23-,30+/m0/s1. The molecule has 1 saturated heterocycles. The molecule has 39 heavy (non-hydrogen) atoms. The van der Waals surface area contributed by atoms with E-state index in [4.69, 9.17) is 9.15 Å². The van der Waals surface area contributed by atoms with Crippen LogP contribution in [0.2, 0.25) is 0 Å². The molecular formula is C32H39N3O4. The molecule has 0 spiro atoms. The number of rotatable bonds is 9. The number of nitrogens with one attached hydrogen (secondary N) is 1. The number of hydrogen-bond acceptors (Lipinski definition) is 5. The second kappa shape index (κ2) is 12.5. The minimum absolute atomic E-state index is 0.126. The fraction of sp³-hybridized carbons (Fsp3) is 0.438. The van der Waals surface area contributed by atoms with E-state index in [0.29, 0.717) is 24.8 Å². The number of amides is 2. The van der Waals surface area contributed by atoms with Crippen molar-refractivity contribution in [1.82, 2.24) is 5.32 Å². The highest BCUT2D eigenvalue weighted by molar-refractivity contribution is 6.08. The zero-order valence-electron chi connectivity index (χ0n) is 23.0. The number of carbonyl (C=O) groups excluding carboxylic acids is 2. The predicted molar refractivity (Wildman–Crippen MR) is 153 cm³/mol. The molecule has 0 radical (unpaired) electrons. The molecule has 1 aliphatic carbocycles. The molecule has 2 fully saturated rings. The maximum Gasteiger partial charge on any atom is 0.294 e. The van der Waals surface area contributed by atoms with Gasteiger partial charge in [-0.25, -0.2) is 0 Å². The Morgan fingerprint density at radius 3 is 2.26 bits per heavy atom. The summed E-state index contributed by atoms with van der Waals surface area (Å²) in [6.07, 6.45) is 6.65. The van der Waals surface area contributed by atoms with Gasteiger partial charge in [0.05, 0.1) is 19.5 Å². The maximum absolute atomic E-state index is 14.0. The molecule has 5 rings (SSSR count). The van der Waals surface area contributed by atoms with Crippen LogP contribution in [-0.4, -0.2) is 44.2 Å². The van der Waals surface area contributed by atoms with E-state index < -0.39 is 6.04 Å². The van der Waals surface area contributed by atoms with Crippen molar-refractivity contribution in [2.45, 2.75) is 64.0 Å². The summed E-state index contributed by atoms with van der Waals surface area (Å²) in [6, 6.07) is 18.6. The fourth-order valence-electron chi connectivity index (χ4n) is 5.56. The number of ether oxygens (including phenoxy) is 1. The van der Waals surface area contributed by atoms with Crippen LogP contribution in [0.1, 0.15) is 79.6 Å². The zero-order chi connectivity index (χ0) is 27.2. The lowest BCUT2D eigenvalue weighted by Crippen LogP contribution is -2.46. The van der Waals surface area contributed by atoms with Gasteiger partial charge in [0, 0.05) is 30.5 Å². The van der Waals surface area contributed by atoms with Gasteiger partial charge >= 0.3 is 0 Å². The van der Waals surface area contributed by atoms with Crippen LogP contribution >= 0.6 is 0 Å². The molecule has 2 aliphatic rings. The minimum atomic E-state index is -0.851. The Hall–Kier alpha value is -3.58. The molecule has 0 unspecified atom stereocenters. The summed E-state index contributed by atoms with van der Waals surface area (Å²) in [6.45, 7) is 7.41. The molecule has 1 saturated carbocycles. The molecule has 2 aromatic carbocycles. The Morgan fingerprint density at radius 2 is 1.64 bits per heavy atom. The predicted octanol–water partition coefficient (Wildman–Crippen LogP) is 6.08. The van der Waals surface area contributed by atoms with Gasteiger partial charge in [-0.3, -0.25) is 14.5 Å².